The first-order chi connectivity index (χ1) is 10.2. The summed E-state index contributed by atoms with van der Waals surface area (Å²) < 4.78 is 10.1. The van der Waals surface area contributed by atoms with Crippen molar-refractivity contribution >= 4 is 23.4 Å². The molecule has 1 N–H and O–H groups in total. The fourth-order valence-corrected chi connectivity index (χ4v) is 2.43. The van der Waals surface area contributed by atoms with Crippen LogP contribution in [0.3, 0.4) is 0 Å². The van der Waals surface area contributed by atoms with Gasteiger partial charge >= 0.3 is 6.09 Å². The summed E-state index contributed by atoms with van der Waals surface area (Å²) in [6.45, 7) is 1.27. The predicted molar refractivity (Wildman–Crippen MR) is 74.3 cm³/mol. The monoisotopic (exact) mass is 292 g/mol. The van der Waals surface area contributed by atoms with E-state index in [-0.39, 0.29) is 19.1 Å². The Balaban J connectivity index is 1.75. The van der Waals surface area contributed by atoms with Crippen molar-refractivity contribution in [2.45, 2.75) is 6.10 Å². The lowest BCUT2D eigenvalue weighted by molar-refractivity contribution is -0.125. The van der Waals surface area contributed by atoms with Gasteiger partial charge in [-0.3, -0.25) is 9.69 Å². The van der Waals surface area contributed by atoms with Crippen LogP contribution in [-0.4, -0.2) is 56.1 Å². The molecule has 1 unspecified atom stereocenters. The van der Waals surface area contributed by atoms with Crippen LogP contribution in [-0.2, 0) is 14.3 Å². The van der Waals surface area contributed by atoms with Crippen molar-refractivity contribution in [2.24, 2.45) is 0 Å². The second kappa shape index (κ2) is 5.71. The maximum absolute atomic E-state index is 11.8. The van der Waals surface area contributed by atoms with Crippen molar-refractivity contribution in [3.63, 3.8) is 0 Å². The number of carbonyl (C=O) groups is 2. The number of amides is 2. The van der Waals surface area contributed by atoms with Crippen molar-refractivity contribution in [3.05, 3.63) is 24.3 Å². The Hall–Kier alpha value is -2.12. The molecule has 0 aliphatic carbocycles. The molecule has 1 atom stereocenters. The van der Waals surface area contributed by atoms with Crippen LogP contribution >= 0.6 is 0 Å². The molecule has 7 nitrogen and oxygen atoms in total. The molecule has 7 heteroatoms. The first kappa shape index (κ1) is 13.8. The number of hydrogen-bond donors (Lipinski definition) is 1. The lowest BCUT2D eigenvalue weighted by Gasteiger charge is -2.27. The molecule has 0 bridgehead atoms. The standard InChI is InChI=1S/C14H16N2O5/c17-8-12-7-16(14(19)21-12)11-3-1-10(2-4-11)15-5-6-20-9-13(15)18/h1-4,12,17H,5-9H2. The van der Waals surface area contributed by atoms with Crippen LogP contribution in [0.15, 0.2) is 24.3 Å². The summed E-state index contributed by atoms with van der Waals surface area (Å²) in [4.78, 5) is 26.6. The highest BCUT2D eigenvalue weighted by atomic mass is 16.6. The van der Waals surface area contributed by atoms with Gasteiger partial charge in [-0.05, 0) is 24.3 Å². The van der Waals surface area contributed by atoms with Gasteiger partial charge in [0.25, 0.3) is 5.91 Å². The SMILES string of the molecule is O=C1COCCN1c1ccc(N2CC(CO)OC2=O)cc1. The Morgan fingerprint density at radius 1 is 1.14 bits per heavy atom. The molecule has 2 aliphatic heterocycles. The highest BCUT2D eigenvalue weighted by molar-refractivity contribution is 5.95. The van der Waals surface area contributed by atoms with Crippen molar-refractivity contribution < 1.29 is 24.2 Å². The van der Waals surface area contributed by atoms with Gasteiger partial charge in [0.15, 0.2) is 0 Å². The van der Waals surface area contributed by atoms with Crippen molar-refractivity contribution in [1.29, 1.82) is 0 Å². The second-order valence-corrected chi connectivity index (χ2v) is 4.91. The number of carbonyl (C=O) groups excluding carboxylic acids is 2. The molecular weight excluding hydrogens is 276 g/mol. The molecule has 1 aromatic rings. The minimum Gasteiger partial charge on any atom is -0.441 e. The third-order valence-electron chi connectivity index (χ3n) is 3.54. The van der Waals surface area contributed by atoms with Gasteiger partial charge in [0.1, 0.15) is 12.7 Å². The third-order valence-corrected chi connectivity index (χ3v) is 3.54. The minimum absolute atomic E-state index is 0.0741. The van der Waals surface area contributed by atoms with Crippen LogP contribution in [0.2, 0.25) is 0 Å². The van der Waals surface area contributed by atoms with Crippen LogP contribution in [0.4, 0.5) is 16.2 Å². The van der Waals surface area contributed by atoms with E-state index < -0.39 is 12.2 Å². The first-order valence-electron chi connectivity index (χ1n) is 6.76. The highest BCUT2D eigenvalue weighted by Gasteiger charge is 2.31. The number of aliphatic hydroxyl groups excluding tert-OH is 1. The minimum atomic E-state index is -0.488. The van der Waals surface area contributed by atoms with E-state index in [2.05, 4.69) is 0 Å². The molecule has 2 heterocycles. The third kappa shape index (κ3) is 2.70. The van der Waals surface area contributed by atoms with E-state index in [4.69, 9.17) is 14.6 Å². The fourth-order valence-electron chi connectivity index (χ4n) is 2.43. The van der Waals surface area contributed by atoms with Gasteiger partial charge in [-0.25, -0.2) is 4.79 Å². The molecule has 112 valence electrons. The topological polar surface area (TPSA) is 79.3 Å². The lowest BCUT2D eigenvalue weighted by atomic mass is 10.2. The summed E-state index contributed by atoms with van der Waals surface area (Å²) in [7, 11) is 0. The van der Waals surface area contributed by atoms with E-state index in [1.54, 1.807) is 29.2 Å². The van der Waals surface area contributed by atoms with Crippen molar-refractivity contribution in [1.82, 2.24) is 0 Å². The second-order valence-electron chi connectivity index (χ2n) is 4.91. The Morgan fingerprint density at radius 2 is 1.81 bits per heavy atom. The fraction of sp³-hybridized carbons (Fsp3) is 0.429. The van der Waals surface area contributed by atoms with Gasteiger partial charge in [0.2, 0.25) is 0 Å². The van der Waals surface area contributed by atoms with Gasteiger partial charge in [-0.1, -0.05) is 0 Å². The van der Waals surface area contributed by atoms with Gasteiger partial charge in [0, 0.05) is 17.9 Å². The zero-order valence-corrected chi connectivity index (χ0v) is 11.4. The summed E-state index contributed by atoms with van der Waals surface area (Å²) in [5.41, 5.74) is 1.46. The zero-order valence-electron chi connectivity index (χ0n) is 11.4. The number of hydrogen-bond acceptors (Lipinski definition) is 5. The number of cyclic esters (lactones) is 1. The molecule has 3 rings (SSSR count). The molecule has 0 spiro atoms. The average Bonchev–Trinajstić information content (AvgIpc) is 2.89. The number of ether oxygens (including phenoxy) is 2. The van der Waals surface area contributed by atoms with E-state index in [0.29, 0.717) is 25.4 Å². The number of nitrogens with zero attached hydrogens (tertiary/aromatic N) is 2. The Bertz CT molecular complexity index is 545. The van der Waals surface area contributed by atoms with E-state index in [0.717, 1.165) is 5.69 Å². The van der Waals surface area contributed by atoms with Gasteiger partial charge in [-0.15, -0.1) is 0 Å². The Labute approximate surface area is 121 Å². The average molecular weight is 292 g/mol. The number of anilines is 2. The summed E-state index contributed by atoms with van der Waals surface area (Å²) in [5.74, 6) is -0.0741. The van der Waals surface area contributed by atoms with Crippen LogP contribution in [0, 0.1) is 0 Å². The van der Waals surface area contributed by atoms with E-state index >= 15 is 0 Å². The van der Waals surface area contributed by atoms with Gasteiger partial charge in [-0.2, -0.15) is 0 Å². The molecule has 0 radical (unpaired) electrons. The van der Waals surface area contributed by atoms with Crippen molar-refractivity contribution in [2.75, 3.05) is 42.7 Å². The van der Waals surface area contributed by atoms with E-state index in [1.807, 2.05) is 0 Å². The normalized spacial score (nSPS) is 22.6. The molecule has 2 amide bonds. The van der Waals surface area contributed by atoms with Crippen LogP contribution in [0.25, 0.3) is 0 Å². The first-order valence-corrected chi connectivity index (χ1v) is 6.76. The number of benzene rings is 1. The predicted octanol–water partition coefficient (Wildman–Crippen LogP) is 0.367. The summed E-state index contributed by atoms with van der Waals surface area (Å²) >= 11 is 0. The summed E-state index contributed by atoms with van der Waals surface area (Å²) in [6, 6.07) is 7.11. The van der Waals surface area contributed by atoms with Gasteiger partial charge < -0.3 is 19.5 Å². The lowest BCUT2D eigenvalue weighted by Crippen LogP contribution is -2.41. The molecule has 2 fully saturated rings. The van der Waals surface area contributed by atoms with Crippen molar-refractivity contribution in [3.8, 4) is 0 Å². The highest BCUT2D eigenvalue weighted by Crippen LogP contribution is 2.25. The maximum Gasteiger partial charge on any atom is 0.414 e. The van der Waals surface area contributed by atoms with Gasteiger partial charge in [0.05, 0.1) is 19.8 Å². The summed E-state index contributed by atoms with van der Waals surface area (Å²) in [6.07, 6.45) is -0.956. The van der Waals surface area contributed by atoms with Crippen LogP contribution in [0.5, 0.6) is 0 Å². The summed E-state index contributed by atoms with van der Waals surface area (Å²) in [5, 5.41) is 9.03. The molecule has 21 heavy (non-hydrogen) atoms. The Morgan fingerprint density at radius 3 is 2.38 bits per heavy atom. The van der Waals surface area contributed by atoms with E-state index in [1.165, 1.54) is 4.90 Å². The molecule has 0 saturated carbocycles. The molecule has 2 aliphatic rings. The number of rotatable bonds is 3. The maximum atomic E-state index is 11.8. The molecule has 0 aromatic heterocycles. The molecular formula is C14H16N2O5. The molecule has 1 aromatic carbocycles. The number of morpholine rings is 1. The largest absolute Gasteiger partial charge is 0.441 e. The van der Waals surface area contributed by atoms with Crippen LogP contribution in [0.1, 0.15) is 0 Å². The number of aliphatic hydroxyl groups is 1. The smallest absolute Gasteiger partial charge is 0.414 e. The molecule has 2 saturated heterocycles. The van der Waals surface area contributed by atoms with Crippen LogP contribution < -0.4 is 9.80 Å². The Kier molecular flexibility index (Phi) is 3.76. The zero-order chi connectivity index (χ0) is 14.8. The van der Waals surface area contributed by atoms with E-state index in [9.17, 15) is 9.59 Å². The quantitative estimate of drug-likeness (QED) is 0.870.